The van der Waals surface area contributed by atoms with E-state index in [9.17, 15) is 0 Å². The molecule has 0 unspecified atom stereocenters. The van der Waals surface area contributed by atoms with E-state index in [0.29, 0.717) is 6.61 Å². The molecular weight excluding hydrogens is 102 g/mol. The van der Waals surface area contributed by atoms with Gasteiger partial charge in [-0.05, 0) is 6.42 Å². The average molecular weight is 113 g/mol. The normalized spacial score (nSPS) is 20.0. The zero-order valence-electron chi connectivity index (χ0n) is 4.97. The Morgan fingerprint density at radius 3 is 2.75 bits per heavy atom. The monoisotopic (exact) mass is 113 g/mol. The minimum atomic E-state index is 0.653. The summed E-state index contributed by atoms with van der Waals surface area (Å²) in [5.74, 6) is 0. The Balaban J connectivity index is 1.93. The summed E-state index contributed by atoms with van der Waals surface area (Å²) in [6.07, 6.45) is 3.04. The van der Waals surface area contributed by atoms with Gasteiger partial charge in [0.25, 0.3) is 0 Å². The Kier molecular flexibility index (Phi) is 2.06. The van der Waals surface area contributed by atoms with E-state index in [-0.39, 0.29) is 0 Å². The first-order valence-corrected chi connectivity index (χ1v) is 2.92. The predicted octanol–water partition coefficient (Wildman–Crippen LogP) is 0.810. The fourth-order valence-corrected chi connectivity index (χ4v) is 0.574. The molecule has 0 radical (unpaired) electrons. The van der Waals surface area contributed by atoms with E-state index in [4.69, 9.17) is 4.84 Å². The molecule has 0 aromatic rings. The third-order valence-corrected chi connectivity index (χ3v) is 1.19. The maximum absolute atomic E-state index is 5.14. The Morgan fingerprint density at radius 1 is 1.62 bits per heavy atom. The van der Waals surface area contributed by atoms with Crippen molar-refractivity contribution in [3.8, 4) is 0 Å². The first kappa shape index (κ1) is 5.79. The van der Waals surface area contributed by atoms with Crippen molar-refractivity contribution in [2.45, 2.75) is 6.42 Å². The van der Waals surface area contributed by atoms with Crippen LogP contribution in [0.1, 0.15) is 6.42 Å². The molecule has 2 nitrogen and oxygen atoms in total. The summed E-state index contributed by atoms with van der Waals surface area (Å²) in [5.41, 5.74) is 0. The van der Waals surface area contributed by atoms with Crippen LogP contribution in [0.2, 0.25) is 0 Å². The van der Waals surface area contributed by atoms with E-state index in [0.717, 1.165) is 13.1 Å². The van der Waals surface area contributed by atoms with Crippen LogP contribution in [-0.2, 0) is 4.84 Å². The van der Waals surface area contributed by atoms with Crippen LogP contribution < -0.4 is 0 Å². The molecule has 0 amide bonds. The molecule has 0 atom stereocenters. The van der Waals surface area contributed by atoms with Gasteiger partial charge in [0.05, 0.1) is 6.61 Å². The van der Waals surface area contributed by atoms with Crippen molar-refractivity contribution < 1.29 is 4.84 Å². The van der Waals surface area contributed by atoms with Gasteiger partial charge in [0, 0.05) is 13.1 Å². The number of hydrogen-bond acceptors (Lipinski definition) is 2. The fraction of sp³-hybridized carbons (Fsp3) is 0.667. The number of nitrogens with zero attached hydrogens (tertiary/aromatic N) is 1. The summed E-state index contributed by atoms with van der Waals surface area (Å²) in [6, 6.07) is 0. The molecule has 0 bridgehead atoms. The lowest BCUT2D eigenvalue weighted by Gasteiger charge is -2.28. The second-order valence-corrected chi connectivity index (χ2v) is 1.87. The Hall–Kier alpha value is -0.340. The molecule has 0 N–H and O–H groups in total. The molecule has 0 aromatic carbocycles. The molecule has 46 valence electrons. The molecule has 1 heterocycles. The summed E-state index contributed by atoms with van der Waals surface area (Å²) in [6.45, 7) is 6.37. The van der Waals surface area contributed by atoms with Gasteiger partial charge in [-0.25, -0.2) is 0 Å². The molecule has 0 aromatic heterocycles. The van der Waals surface area contributed by atoms with Crippen molar-refractivity contribution in [2.24, 2.45) is 0 Å². The smallest absolute Gasteiger partial charge is 0.0864 e. The van der Waals surface area contributed by atoms with Crippen molar-refractivity contribution in [3.63, 3.8) is 0 Å². The van der Waals surface area contributed by atoms with Crippen molar-refractivity contribution >= 4 is 0 Å². The van der Waals surface area contributed by atoms with E-state index in [2.05, 4.69) is 6.58 Å². The molecule has 1 aliphatic heterocycles. The van der Waals surface area contributed by atoms with Gasteiger partial charge in [0.2, 0.25) is 0 Å². The predicted molar refractivity (Wildman–Crippen MR) is 32.3 cm³/mol. The maximum Gasteiger partial charge on any atom is 0.0864 e. The highest BCUT2D eigenvalue weighted by atomic mass is 16.7. The standard InChI is InChI=1S/C6H11NO/c1-2-6-8-7-4-3-5-7/h2H,1,3-6H2. The first-order valence-electron chi connectivity index (χ1n) is 2.92. The van der Waals surface area contributed by atoms with Gasteiger partial charge < -0.3 is 0 Å². The van der Waals surface area contributed by atoms with Gasteiger partial charge in [-0.3, -0.25) is 4.84 Å². The van der Waals surface area contributed by atoms with Crippen molar-refractivity contribution in [1.82, 2.24) is 5.06 Å². The molecular formula is C6H11NO. The Labute approximate surface area is 49.7 Å². The lowest BCUT2D eigenvalue weighted by Crippen LogP contribution is -2.36. The van der Waals surface area contributed by atoms with Crippen LogP contribution in [0, 0.1) is 0 Å². The van der Waals surface area contributed by atoms with Crippen LogP contribution in [0.5, 0.6) is 0 Å². The lowest BCUT2D eigenvalue weighted by molar-refractivity contribution is -0.186. The SMILES string of the molecule is C=CCON1CCC1. The molecule has 0 spiro atoms. The van der Waals surface area contributed by atoms with Gasteiger partial charge in [-0.15, -0.1) is 6.58 Å². The van der Waals surface area contributed by atoms with E-state index < -0.39 is 0 Å². The molecule has 0 saturated carbocycles. The van der Waals surface area contributed by atoms with E-state index >= 15 is 0 Å². The van der Waals surface area contributed by atoms with Crippen LogP contribution in [0.3, 0.4) is 0 Å². The van der Waals surface area contributed by atoms with Crippen molar-refractivity contribution in [1.29, 1.82) is 0 Å². The van der Waals surface area contributed by atoms with Gasteiger partial charge >= 0.3 is 0 Å². The third kappa shape index (κ3) is 1.32. The molecule has 1 saturated heterocycles. The summed E-state index contributed by atoms with van der Waals surface area (Å²) in [5, 5.41) is 1.95. The Bertz CT molecular complexity index is 78.6. The molecule has 1 aliphatic rings. The molecule has 1 fully saturated rings. The van der Waals surface area contributed by atoms with Crippen molar-refractivity contribution in [3.05, 3.63) is 12.7 Å². The highest BCUT2D eigenvalue weighted by molar-refractivity contribution is 4.65. The largest absolute Gasteiger partial charge is 0.295 e. The lowest BCUT2D eigenvalue weighted by atomic mass is 10.3. The summed E-state index contributed by atoms with van der Waals surface area (Å²) < 4.78 is 0. The second kappa shape index (κ2) is 2.84. The molecule has 1 rings (SSSR count). The van der Waals surface area contributed by atoms with E-state index in [1.54, 1.807) is 6.08 Å². The quantitative estimate of drug-likeness (QED) is 0.502. The molecule has 8 heavy (non-hydrogen) atoms. The topological polar surface area (TPSA) is 12.5 Å². The number of hydrogen-bond donors (Lipinski definition) is 0. The van der Waals surface area contributed by atoms with E-state index in [1.807, 2.05) is 5.06 Å². The maximum atomic E-state index is 5.14. The van der Waals surface area contributed by atoms with Crippen LogP contribution in [-0.4, -0.2) is 24.8 Å². The average Bonchev–Trinajstić information content (AvgIpc) is 1.63. The molecule has 2 heteroatoms. The van der Waals surface area contributed by atoms with Crippen LogP contribution in [0.15, 0.2) is 12.7 Å². The number of hydroxylamine groups is 2. The first-order chi connectivity index (χ1) is 3.93. The highest BCUT2D eigenvalue weighted by Crippen LogP contribution is 2.04. The zero-order chi connectivity index (χ0) is 5.82. The summed E-state index contributed by atoms with van der Waals surface area (Å²) in [4.78, 5) is 5.14. The minimum absolute atomic E-state index is 0.653. The Morgan fingerprint density at radius 2 is 2.38 bits per heavy atom. The van der Waals surface area contributed by atoms with Crippen LogP contribution >= 0.6 is 0 Å². The minimum Gasteiger partial charge on any atom is -0.295 e. The summed E-state index contributed by atoms with van der Waals surface area (Å²) in [7, 11) is 0. The molecule has 0 aliphatic carbocycles. The van der Waals surface area contributed by atoms with Gasteiger partial charge in [0.1, 0.15) is 0 Å². The fourth-order valence-electron chi connectivity index (χ4n) is 0.574. The van der Waals surface area contributed by atoms with Crippen molar-refractivity contribution in [2.75, 3.05) is 19.7 Å². The highest BCUT2D eigenvalue weighted by Gasteiger charge is 2.12. The van der Waals surface area contributed by atoms with Gasteiger partial charge in [-0.2, -0.15) is 5.06 Å². The van der Waals surface area contributed by atoms with E-state index in [1.165, 1.54) is 6.42 Å². The summed E-state index contributed by atoms with van der Waals surface area (Å²) >= 11 is 0. The van der Waals surface area contributed by atoms with Gasteiger partial charge in [0.15, 0.2) is 0 Å². The van der Waals surface area contributed by atoms with Gasteiger partial charge in [-0.1, -0.05) is 6.08 Å². The second-order valence-electron chi connectivity index (χ2n) is 1.87. The van der Waals surface area contributed by atoms with Crippen LogP contribution in [0.25, 0.3) is 0 Å². The number of rotatable bonds is 3. The van der Waals surface area contributed by atoms with Crippen LogP contribution in [0.4, 0.5) is 0 Å². The zero-order valence-corrected chi connectivity index (χ0v) is 4.97. The third-order valence-electron chi connectivity index (χ3n) is 1.19.